The molecule has 1 aromatic carbocycles. The first-order valence-electron chi connectivity index (χ1n) is 6.23. The zero-order valence-corrected chi connectivity index (χ0v) is 12.7. The second-order valence-electron chi connectivity index (χ2n) is 4.38. The summed E-state index contributed by atoms with van der Waals surface area (Å²) in [6.45, 7) is 2.37. The minimum Gasteiger partial charge on any atom is -0.271 e. The molecule has 8 heteroatoms. The summed E-state index contributed by atoms with van der Waals surface area (Å²) in [6.07, 6.45) is -2.91. The molecular weight excluding hydrogens is 349 g/mol. The lowest BCUT2D eigenvalue weighted by Gasteiger charge is -2.22. The Kier molecular flexibility index (Phi) is 4.70. The van der Waals surface area contributed by atoms with Crippen molar-refractivity contribution < 1.29 is 13.2 Å². The standard InChI is InChI=1S/C13H14BrF3N4/c1-2-21-12(10(14)7-19-21)11(20-18)8-5-3-4-6-9(8)13(15,16)17/h3-7,11,20H,2,18H2,1H3. The third kappa shape index (κ3) is 3.12. The molecular formula is C13H14BrF3N4. The van der Waals surface area contributed by atoms with Crippen molar-refractivity contribution in [2.24, 2.45) is 5.84 Å². The van der Waals surface area contributed by atoms with Crippen molar-refractivity contribution in [2.75, 3.05) is 0 Å². The Hall–Kier alpha value is -1.38. The first kappa shape index (κ1) is 16.0. The van der Waals surface area contributed by atoms with Gasteiger partial charge in [-0.15, -0.1) is 0 Å². The maximum Gasteiger partial charge on any atom is 0.416 e. The number of benzene rings is 1. The quantitative estimate of drug-likeness (QED) is 0.648. The Morgan fingerprint density at radius 1 is 1.38 bits per heavy atom. The molecule has 0 radical (unpaired) electrons. The van der Waals surface area contributed by atoms with Crippen molar-refractivity contribution in [3.8, 4) is 0 Å². The number of nitrogens with two attached hydrogens (primary N) is 1. The number of nitrogens with zero attached hydrogens (tertiary/aromatic N) is 2. The van der Waals surface area contributed by atoms with Crippen LogP contribution < -0.4 is 11.3 Å². The Labute approximate surface area is 128 Å². The maximum absolute atomic E-state index is 13.2. The van der Waals surface area contributed by atoms with E-state index in [0.29, 0.717) is 16.7 Å². The normalized spacial score (nSPS) is 13.4. The minimum atomic E-state index is -4.45. The molecule has 21 heavy (non-hydrogen) atoms. The van der Waals surface area contributed by atoms with Gasteiger partial charge in [0.1, 0.15) is 0 Å². The molecule has 0 amide bonds. The van der Waals surface area contributed by atoms with Crippen LogP contribution in [0, 0.1) is 0 Å². The highest BCUT2D eigenvalue weighted by Gasteiger charge is 2.36. The lowest BCUT2D eigenvalue weighted by Crippen LogP contribution is -2.32. The summed E-state index contributed by atoms with van der Waals surface area (Å²) in [7, 11) is 0. The summed E-state index contributed by atoms with van der Waals surface area (Å²) in [5.74, 6) is 5.52. The molecule has 1 heterocycles. The van der Waals surface area contributed by atoms with Crippen molar-refractivity contribution in [1.29, 1.82) is 0 Å². The summed E-state index contributed by atoms with van der Waals surface area (Å²) in [5.41, 5.74) is 2.35. The van der Waals surface area contributed by atoms with E-state index in [2.05, 4.69) is 26.5 Å². The molecule has 0 aliphatic carbocycles. The molecule has 1 atom stereocenters. The second kappa shape index (κ2) is 6.17. The summed E-state index contributed by atoms with van der Waals surface area (Å²) in [4.78, 5) is 0. The van der Waals surface area contributed by atoms with E-state index in [-0.39, 0.29) is 5.56 Å². The van der Waals surface area contributed by atoms with Gasteiger partial charge in [0.15, 0.2) is 0 Å². The van der Waals surface area contributed by atoms with E-state index in [9.17, 15) is 13.2 Å². The van der Waals surface area contributed by atoms with Crippen LogP contribution in [0.3, 0.4) is 0 Å². The van der Waals surface area contributed by atoms with Crippen molar-refractivity contribution >= 4 is 15.9 Å². The number of aromatic nitrogens is 2. The topological polar surface area (TPSA) is 55.9 Å². The number of alkyl halides is 3. The smallest absolute Gasteiger partial charge is 0.271 e. The SMILES string of the molecule is CCn1ncc(Br)c1C(NN)c1ccccc1C(F)(F)F. The lowest BCUT2D eigenvalue weighted by molar-refractivity contribution is -0.138. The number of hydrogen-bond donors (Lipinski definition) is 2. The van der Waals surface area contributed by atoms with Crippen molar-refractivity contribution in [1.82, 2.24) is 15.2 Å². The second-order valence-corrected chi connectivity index (χ2v) is 5.23. The van der Waals surface area contributed by atoms with Crippen molar-refractivity contribution in [2.45, 2.75) is 25.7 Å². The Morgan fingerprint density at radius 2 is 2.05 bits per heavy atom. The molecule has 114 valence electrons. The van der Waals surface area contributed by atoms with Gasteiger partial charge < -0.3 is 0 Å². The molecule has 4 nitrogen and oxygen atoms in total. The summed E-state index contributed by atoms with van der Waals surface area (Å²) >= 11 is 3.31. The van der Waals surface area contributed by atoms with E-state index in [0.717, 1.165) is 6.07 Å². The van der Waals surface area contributed by atoms with Crippen LogP contribution in [0.25, 0.3) is 0 Å². The summed E-state index contributed by atoms with van der Waals surface area (Å²) in [5, 5.41) is 4.11. The number of rotatable bonds is 4. The van der Waals surface area contributed by atoms with Gasteiger partial charge in [0.2, 0.25) is 0 Å². The number of hydrazine groups is 1. The molecule has 1 unspecified atom stereocenters. The molecule has 3 N–H and O–H groups in total. The molecule has 0 fully saturated rings. The van der Waals surface area contributed by atoms with Gasteiger partial charge in [0.05, 0.1) is 28.0 Å². The summed E-state index contributed by atoms with van der Waals surface area (Å²) < 4.78 is 41.7. The Bertz CT molecular complexity index is 624. The Balaban J connectivity index is 2.60. The van der Waals surface area contributed by atoms with E-state index in [1.807, 2.05) is 6.92 Å². The van der Waals surface area contributed by atoms with E-state index < -0.39 is 17.8 Å². The van der Waals surface area contributed by atoms with Crippen molar-refractivity contribution in [3.63, 3.8) is 0 Å². The Morgan fingerprint density at radius 3 is 2.62 bits per heavy atom. The fourth-order valence-corrected chi connectivity index (χ4v) is 2.76. The van der Waals surface area contributed by atoms with E-state index in [4.69, 9.17) is 5.84 Å². The molecule has 0 bridgehead atoms. The highest BCUT2D eigenvalue weighted by Crippen LogP contribution is 2.37. The molecule has 0 aliphatic heterocycles. The largest absolute Gasteiger partial charge is 0.416 e. The first-order chi connectivity index (χ1) is 9.90. The zero-order chi connectivity index (χ0) is 15.6. The number of nitrogens with one attached hydrogen (secondary N) is 1. The van der Waals surface area contributed by atoms with Gasteiger partial charge in [-0.05, 0) is 34.5 Å². The van der Waals surface area contributed by atoms with Crippen molar-refractivity contribution in [3.05, 3.63) is 51.8 Å². The molecule has 0 saturated heterocycles. The lowest BCUT2D eigenvalue weighted by atomic mass is 9.98. The first-order valence-corrected chi connectivity index (χ1v) is 7.02. The fraction of sp³-hybridized carbons (Fsp3) is 0.308. The molecule has 0 aliphatic rings. The maximum atomic E-state index is 13.2. The molecule has 0 saturated carbocycles. The van der Waals surface area contributed by atoms with Gasteiger partial charge in [-0.1, -0.05) is 18.2 Å². The predicted octanol–water partition coefficient (Wildman–Crippen LogP) is 3.24. The van der Waals surface area contributed by atoms with Gasteiger partial charge in [0.25, 0.3) is 0 Å². The van der Waals surface area contributed by atoms with E-state index in [1.165, 1.54) is 12.1 Å². The van der Waals surface area contributed by atoms with Gasteiger partial charge in [0, 0.05) is 6.54 Å². The van der Waals surface area contributed by atoms with Crippen LogP contribution in [0.5, 0.6) is 0 Å². The molecule has 2 rings (SSSR count). The molecule has 0 spiro atoms. The zero-order valence-electron chi connectivity index (χ0n) is 11.2. The van der Waals surface area contributed by atoms with Crippen LogP contribution in [0.4, 0.5) is 13.2 Å². The molecule has 1 aromatic heterocycles. The van der Waals surface area contributed by atoms with Gasteiger partial charge in [-0.25, -0.2) is 5.43 Å². The minimum absolute atomic E-state index is 0.0587. The average molecular weight is 363 g/mol. The molecule has 2 aromatic rings. The van der Waals surface area contributed by atoms with Gasteiger partial charge in [-0.2, -0.15) is 18.3 Å². The van der Waals surface area contributed by atoms with Crippen LogP contribution in [0.2, 0.25) is 0 Å². The monoisotopic (exact) mass is 362 g/mol. The predicted molar refractivity (Wildman–Crippen MR) is 76.2 cm³/mol. The van der Waals surface area contributed by atoms with E-state index in [1.54, 1.807) is 16.9 Å². The van der Waals surface area contributed by atoms with Gasteiger partial charge >= 0.3 is 6.18 Å². The van der Waals surface area contributed by atoms with Crippen LogP contribution in [0.1, 0.15) is 29.8 Å². The van der Waals surface area contributed by atoms with Crippen LogP contribution in [-0.2, 0) is 12.7 Å². The van der Waals surface area contributed by atoms with Gasteiger partial charge in [-0.3, -0.25) is 10.5 Å². The highest BCUT2D eigenvalue weighted by molar-refractivity contribution is 9.10. The van der Waals surface area contributed by atoms with Crippen LogP contribution in [0.15, 0.2) is 34.9 Å². The third-order valence-electron chi connectivity index (χ3n) is 3.15. The number of aryl methyl sites for hydroxylation is 1. The average Bonchev–Trinajstić information content (AvgIpc) is 2.81. The third-order valence-corrected chi connectivity index (χ3v) is 3.76. The number of halogens is 4. The van der Waals surface area contributed by atoms with Crippen LogP contribution >= 0.6 is 15.9 Å². The highest BCUT2D eigenvalue weighted by atomic mass is 79.9. The number of hydrogen-bond acceptors (Lipinski definition) is 3. The summed E-state index contributed by atoms with van der Waals surface area (Å²) in [6, 6.07) is 4.54. The fourth-order valence-electron chi connectivity index (χ4n) is 2.23. The van der Waals surface area contributed by atoms with Crippen LogP contribution in [-0.4, -0.2) is 9.78 Å². The van der Waals surface area contributed by atoms with E-state index >= 15 is 0 Å².